The average Bonchev–Trinajstić information content (AvgIpc) is 2.60. The van der Waals surface area contributed by atoms with Crippen LogP contribution in [-0.4, -0.2) is 46.7 Å². The van der Waals surface area contributed by atoms with E-state index in [0.717, 1.165) is 18.4 Å². The topological polar surface area (TPSA) is 66.8 Å². The molecule has 0 heterocycles. The lowest BCUT2D eigenvalue weighted by Crippen LogP contribution is -2.56. The van der Waals surface area contributed by atoms with E-state index < -0.39 is 11.0 Å². The van der Waals surface area contributed by atoms with Crippen LogP contribution in [0.2, 0.25) is 0 Å². The minimum Gasteiger partial charge on any atom is -0.458 e. The number of esters is 1. The zero-order valence-corrected chi connectivity index (χ0v) is 19.6. The van der Waals surface area contributed by atoms with Crippen LogP contribution in [0, 0.1) is 29.1 Å². The first-order valence-corrected chi connectivity index (χ1v) is 11.2. The molecule has 0 unspecified atom stereocenters. The molecule has 2 rings (SSSR count). The predicted octanol–water partition coefficient (Wildman–Crippen LogP) is 4.19. The van der Waals surface area contributed by atoms with Crippen molar-refractivity contribution in [2.75, 3.05) is 13.1 Å². The van der Waals surface area contributed by atoms with Crippen molar-refractivity contribution in [2.24, 2.45) is 29.1 Å². The van der Waals surface area contributed by atoms with Crippen molar-refractivity contribution in [3.05, 3.63) is 11.6 Å². The van der Waals surface area contributed by atoms with Crippen LogP contribution < -0.4 is 0 Å². The summed E-state index contributed by atoms with van der Waals surface area (Å²) in [5.74, 6) is 0.619. The maximum atomic E-state index is 12.8. The van der Waals surface area contributed by atoms with Crippen molar-refractivity contribution in [3.63, 3.8) is 0 Å². The number of carbonyl (C=O) groups excluding carboxylic acids is 2. The molecular weight excluding hydrogens is 366 g/mol. The van der Waals surface area contributed by atoms with Crippen LogP contribution in [0.1, 0.15) is 74.7 Å². The van der Waals surface area contributed by atoms with Crippen molar-refractivity contribution in [1.29, 1.82) is 0 Å². The van der Waals surface area contributed by atoms with Crippen LogP contribution in [0.4, 0.5) is 0 Å². The molecule has 0 saturated heterocycles. The smallest absolute Gasteiger partial charge is 0.303 e. The van der Waals surface area contributed by atoms with E-state index in [1.807, 2.05) is 39.5 Å². The molecule has 1 N–H and O–H groups in total. The molecule has 1 fully saturated rings. The van der Waals surface area contributed by atoms with Gasteiger partial charge in [0, 0.05) is 37.8 Å². The number of nitrogens with zero attached hydrogens (tertiary/aromatic N) is 1. The monoisotopic (exact) mass is 407 g/mol. The van der Waals surface area contributed by atoms with Gasteiger partial charge in [0.05, 0.1) is 5.60 Å². The third-order valence-electron chi connectivity index (χ3n) is 7.15. The van der Waals surface area contributed by atoms with Gasteiger partial charge in [-0.1, -0.05) is 40.7 Å². The molecule has 0 spiro atoms. The Labute approximate surface area is 176 Å². The summed E-state index contributed by atoms with van der Waals surface area (Å²) in [7, 11) is 0. The van der Waals surface area contributed by atoms with Crippen LogP contribution in [0.5, 0.6) is 0 Å². The molecule has 6 atom stereocenters. The number of ether oxygens (including phenoxy) is 1. The fraction of sp³-hybridized carbons (Fsp3) is 0.833. The molecule has 2 aliphatic rings. The Kier molecular flexibility index (Phi) is 7.25. The normalized spacial score (nSPS) is 33.3. The maximum absolute atomic E-state index is 12.8. The molecule has 2 aliphatic carbocycles. The summed E-state index contributed by atoms with van der Waals surface area (Å²) < 4.78 is 5.49. The Morgan fingerprint density at radius 3 is 2.48 bits per heavy atom. The minimum atomic E-state index is -0.873. The first kappa shape index (κ1) is 23.9. The van der Waals surface area contributed by atoms with Gasteiger partial charge in [-0.25, -0.2) is 0 Å². The van der Waals surface area contributed by atoms with Crippen molar-refractivity contribution in [2.45, 2.75) is 86.4 Å². The van der Waals surface area contributed by atoms with Crippen LogP contribution in [0.3, 0.4) is 0 Å². The zero-order valence-electron chi connectivity index (χ0n) is 19.6. The van der Waals surface area contributed by atoms with E-state index in [9.17, 15) is 14.7 Å². The fourth-order valence-corrected chi connectivity index (χ4v) is 5.31. The number of hydrogen-bond donors (Lipinski definition) is 1. The highest BCUT2D eigenvalue weighted by molar-refractivity contribution is 5.81. The van der Waals surface area contributed by atoms with Gasteiger partial charge >= 0.3 is 5.97 Å². The fourth-order valence-electron chi connectivity index (χ4n) is 5.31. The number of rotatable bonds is 5. The Morgan fingerprint density at radius 2 is 1.97 bits per heavy atom. The summed E-state index contributed by atoms with van der Waals surface area (Å²) >= 11 is 0. The molecule has 1 saturated carbocycles. The van der Waals surface area contributed by atoms with E-state index in [0.29, 0.717) is 25.4 Å². The zero-order chi connectivity index (χ0) is 22.1. The van der Waals surface area contributed by atoms with Crippen molar-refractivity contribution in [3.8, 4) is 0 Å². The lowest BCUT2D eigenvalue weighted by atomic mass is 9.57. The van der Waals surface area contributed by atoms with Gasteiger partial charge in [0.2, 0.25) is 5.91 Å². The van der Waals surface area contributed by atoms with Gasteiger partial charge in [-0.2, -0.15) is 0 Å². The molecule has 0 radical (unpaired) electrons. The molecule has 0 bridgehead atoms. The molecule has 0 aliphatic heterocycles. The summed E-state index contributed by atoms with van der Waals surface area (Å²) in [6.45, 7) is 17.1. The van der Waals surface area contributed by atoms with E-state index in [1.54, 1.807) is 0 Å². The van der Waals surface area contributed by atoms with Gasteiger partial charge in [-0.15, -0.1) is 0 Å². The van der Waals surface area contributed by atoms with E-state index in [-0.39, 0.29) is 35.7 Å². The van der Waals surface area contributed by atoms with E-state index in [2.05, 4.69) is 19.9 Å². The van der Waals surface area contributed by atoms with Gasteiger partial charge in [-0.3, -0.25) is 9.59 Å². The van der Waals surface area contributed by atoms with Gasteiger partial charge in [0.25, 0.3) is 0 Å². The Balaban J connectivity index is 2.26. The summed E-state index contributed by atoms with van der Waals surface area (Å²) in [5.41, 5.74) is -0.239. The van der Waals surface area contributed by atoms with Crippen LogP contribution in [0.15, 0.2) is 11.6 Å². The number of amides is 1. The Morgan fingerprint density at radius 1 is 1.34 bits per heavy atom. The first-order valence-electron chi connectivity index (χ1n) is 11.2. The predicted molar refractivity (Wildman–Crippen MR) is 115 cm³/mol. The summed E-state index contributed by atoms with van der Waals surface area (Å²) in [4.78, 5) is 26.3. The van der Waals surface area contributed by atoms with Gasteiger partial charge in [0.1, 0.15) is 6.10 Å². The van der Waals surface area contributed by atoms with Crippen molar-refractivity contribution < 1.29 is 19.4 Å². The third-order valence-corrected chi connectivity index (χ3v) is 7.15. The van der Waals surface area contributed by atoms with Gasteiger partial charge in [0.15, 0.2) is 0 Å². The van der Waals surface area contributed by atoms with Crippen LogP contribution >= 0.6 is 0 Å². The Bertz CT molecular complexity index is 650. The second-order valence-electron chi connectivity index (χ2n) is 10.4. The quantitative estimate of drug-likeness (QED) is 0.548. The van der Waals surface area contributed by atoms with Gasteiger partial charge < -0.3 is 14.7 Å². The van der Waals surface area contributed by atoms with E-state index in [1.165, 1.54) is 6.92 Å². The second kappa shape index (κ2) is 8.79. The summed E-state index contributed by atoms with van der Waals surface area (Å²) in [6, 6.07) is 0. The molecule has 166 valence electrons. The lowest BCUT2D eigenvalue weighted by molar-refractivity contribution is -0.159. The number of aliphatic hydroxyl groups is 1. The standard InChI is InChI=1S/C24H41NO4/c1-9-25(22(27)23(6,7)8)14-16(3)19-11-10-17(4)24(28)13-21(29-18(5)26)15(2)12-20(19)24/h12,16-17,19-21,28H,9-11,13-14H2,1-8H3/t16-,17-,19+,20-,21-,24-/m1/s1. The Hall–Kier alpha value is -1.36. The maximum Gasteiger partial charge on any atom is 0.303 e. The number of hydrogen-bond acceptors (Lipinski definition) is 4. The van der Waals surface area contributed by atoms with E-state index in [4.69, 9.17) is 4.74 Å². The summed E-state index contributed by atoms with van der Waals surface area (Å²) in [6.07, 6.45) is 4.25. The molecular formula is C24H41NO4. The summed E-state index contributed by atoms with van der Waals surface area (Å²) in [5, 5.41) is 11.7. The molecule has 0 aromatic carbocycles. The highest BCUT2D eigenvalue weighted by atomic mass is 16.5. The molecule has 5 heteroatoms. The van der Waals surface area contributed by atoms with E-state index >= 15 is 0 Å². The SMILES string of the molecule is CCN(C[C@@H](C)[C@@H]1CC[C@@H](C)[C@]2(O)C[C@@H](OC(C)=O)C(C)=C[C@H]12)C(=O)C(C)(C)C. The highest BCUT2D eigenvalue weighted by Gasteiger charge is 2.52. The highest BCUT2D eigenvalue weighted by Crippen LogP contribution is 2.51. The number of fused-ring (bicyclic) bond motifs is 1. The second-order valence-corrected chi connectivity index (χ2v) is 10.4. The van der Waals surface area contributed by atoms with Gasteiger partial charge in [-0.05, 0) is 50.0 Å². The molecule has 1 amide bonds. The molecule has 0 aromatic rings. The molecule has 0 aromatic heterocycles. The molecule has 5 nitrogen and oxygen atoms in total. The lowest BCUT2D eigenvalue weighted by Gasteiger charge is -2.53. The van der Waals surface area contributed by atoms with Crippen LogP contribution in [0.25, 0.3) is 0 Å². The van der Waals surface area contributed by atoms with Crippen LogP contribution in [-0.2, 0) is 14.3 Å². The number of carbonyl (C=O) groups is 2. The molecule has 29 heavy (non-hydrogen) atoms. The first-order chi connectivity index (χ1) is 13.3. The van der Waals surface area contributed by atoms with Crippen molar-refractivity contribution in [1.82, 2.24) is 4.90 Å². The largest absolute Gasteiger partial charge is 0.458 e. The minimum absolute atomic E-state index is 0.0245. The average molecular weight is 408 g/mol. The van der Waals surface area contributed by atoms with Crippen molar-refractivity contribution >= 4 is 11.9 Å². The third kappa shape index (κ3) is 5.04.